The summed E-state index contributed by atoms with van der Waals surface area (Å²) in [6.45, 7) is 2.06. The van der Waals surface area contributed by atoms with Crippen LogP contribution in [0, 0.1) is 5.82 Å². The first kappa shape index (κ1) is 12.9. The van der Waals surface area contributed by atoms with Gasteiger partial charge >= 0.3 is 0 Å². The van der Waals surface area contributed by atoms with Crippen LogP contribution in [0.15, 0.2) is 16.5 Å². The van der Waals surface area contributed by atoms with E-state index >= 15 is 0 Å². The Hall–Kier alpha value is -1.13. The second kappa shape index (κ2) is 4.46. The molecule has 1 aliphatic rings. The maximum Gasteiger partial charge on any atom is 0.203 e. The third-order valence-electron chi connectivity index (χ3n) is 4.18. The molecule has 5 heteroatoms. The zero-order valence-electron chi connectivity index (χ0n) is 10.7. The van der Waals surface area contributed by atoms with Gasteiger partial charge in [0.25, 0.3) is 0 Å². The molecule has 0 aliphatic heterocycles. The number of rotatable bonds is 1. The zero-order chi connectivity index (χ0) is 13.6. The molecule has 2 aromatic rings. The Kier molecular flexibility index (Phi) is 3.02. The summed E-state index contributed by atoms with van der Waals surface area (Å²) in [5.74, 6) is 0.164. The molecule has 0 spiro atoms. The van der Waals surface area contributed by atoms with Gasteiger partial charge in [-0.2, -0.15) is 0 Å². The molecule has 3 nitrogen and oxygen atoms in total. The van der Waals surface area contributed by atoms with Gasteiger partial charge in [0.2, 0.25) is 5.89 Å². The molecule has 2 N–H and O–H groups in total. The Morgan fingerprint density at radius 1 is 1.47 bits per heavy atom. The van der Waals surface area contributed by atoms with Crippen LogP contribution in [0.2, 0.25) is 5.02 Å². The minimum Gasteiger partial charge on any atom is -0.438 e. The molecular weight excluding hydrogens is 267 g/mol. The van der Waals surface area contributed by atoms with Gasteiger partial charge in [0.05, 0.1) is 10.4 Å². The van der Waals surface area contributed by atoms with Crippen LogP contribution in [0.4, 0.5) is 4.39 Å². The van der Waals surface area contributed by atoms with Crippen LogP contribution >= 0.6 is 11.6 Å². The second-order valence-corrected chi connectivity index (χ2v) is 5.93. The molecule has 0 bridgehead atoms. The van der Waals surface area contributed by atoms with Crippen LogP contribution in [-0.2, 0) is 5.41 Å². The summed E-state index contributed by atoms with van der Waals surface area (Å²) in [5, 5.41) is 0.252. The topological polar surface area (TPSA) is 52.0 Å². The minimum absolute atomic E-state index is 0.0120. The normalized spacial score (nSPS) is 27.9. The van der Waals surface area contributed by atoms with Crippen molar-refractivity contribution in [2.45, 2.75) is 44.1 Å². The molecule has 1 aliphatic carbocycles. The molecule has 0 amide bonds. The molecule has 1 aromatic carbocycles. The highest BCUT2D eigenvalue weighted by molar-refractivity contribution is 6.34. The van der Waals surface area contributed by atoms with E-state index in [0.29, 0.717) is 17.0 Å². The quantitative estimate of drug-likeness (QED) is 0.866. The molecule has 3 rings (SSSR count). The van der Waals surface area contributed by atoms with E-state index in [1.54, 1.807) is 0 Å². The van der Waals surface area contributed by atoms with Crippen molar-refractivity contribution in [3.05, 3.63) is 28.9 Å². The van der Waals surface area contributed by atoms with Gasteiger partial charge in [-0.25, -0.2) is 9.37 Å². The van der Waals surface area contributed by atoms with Crippen molar-refractivity contribution in [3.63, 3.8) is 0 Å². The highest BCUT2D eigenvalue weighted by Gasteiger charge is 2.40. The molecule has 0 saturated heterocycles. The molecule has 1 heterocycles. The largest absolute Gasteiger partial charge is 0.438 e. The lowest BCUT2D eigenvalue weighted by molar-refractivity contribution is 0.226. The smallest absolute Gasteiger partial charge is 0.203 e. The van der Waals surface area contributed by atoms with Gasteiger partial charge in [-0.05, 0) is 25.8 Å². The van der Waals surface area contributed by atoms with E-state index < -0.39 is 5.82 Å². The minimum atomic E-state index is -0.407. The van der Waals surface area contributed by atoms with E-state index in [4.69, 9.17) is 21.8 Å². The van der Waals surface area contributed by atoms with Crippen LogP contribution in [0.5, 0.6) is 0 Å². The molecule has 1 aromatic heterocycles. The predicted molar refractivity (Wildman–Crippen MR) is 72.8 cm³/mol. The van der Waals surface area contributed by atoms with Crippen LogP contribution in [0.3, 0.4) is 0 Å². The lowest BCUT2D eigenvalue weighted by atomic mass is 9.72. The Morgan fingerprint density at radius 2 is 2.26 bits per heavy atom. The third-order valence-corrected chi connectivity index (χ3v) is 4.46. The van der Waals surface area contributed by atoms with Crippen molar-refractivity contribution in [2.24, 2.45) is 5.73 Å². The first-order valence-corrected chi connectivity index (χ1v) is 6.90. The van der Waals surface area contributed by atoms with Crippen molar-refractivity contribution < 1.29 is 8.81 Å². The van der Waals surface area contributed by atoms with Crippen molar-refractivity contribution in [1.29, 1.82) is 0 Å². The number of nitrogens with zero attached hydrogens (tertiary/aromatic N) is 1. The molecule has 102 valence electrons. The van der Waals surface area contributed by atoms with Crippen LogP contribution < -0.4 is 5.73 Å². The zero-order valence-corrected chi connectivity index (χ0v) is 11.5. The average Bonchev–Trinajstić information content (AvgIpc) is 2.77. The second-order valence-electron chi connectivity index (χ2n) is 5.52. The third kappa shape index (κ3) is 2.03. The summed E-state index contributed by atoms with van der Waals surface area (Å²) >= 11 is 5.99. The summed E-state index contributed by atoms with van der Waals surface area (Å²) in [6.07, 6.45) is 4.12. The van der Waals surface area contributed by atoms with E-state index in [9.17, 15) is 4.39 Å². The Bertz CT molecular complexity index is 627. The number of hydrogen-bond acceptors (Lipinski definition) is 3. The summed E-state index contributed by atoms with van der Waals surface area (Å²) in [6, 6.07) is 2.59. The van der Waals surface area contributed by atoms with Crippen LogP contribution in [0.1, 0.15) is 38.5 Å². The Labute approximate surface area is 115 Å². The number of fused-ring (bicyclic) bond motifs is 1. The van der Waals surface area contributed by atoms with Crippen molar-refractivity contribution in [2.75, 3.05) is 0 Å². The van der Waals surface area contributed by atoms with Gasteiger partial charge in [0.15, 0.2) is 5.58 Å². The maximum absolute atomic E-state index is 13.3. The number of nitrogens with two attached hydrogens (primary N) is 1. The summed E-state index contributed by atoms with van der Waals surface area (Å²) in [7, 11) is 0. The molecule has 2 atom stereocenters. The maximum atomic E-state index is 13.3. The highest BCUT2D eigenvalue weighted by atomic mass is 35.5. The average molecular weight is 283 g/mol. The number of hydrogen-bond donors (Lipinski definition) is 1. The van der Waals surface area contributed by atoms with Crippen LogP contribution in [-0.4, -0.2) is 11.0 Å². The summed E-state index contributed by atoms with van der Waals surface area (Å²) in [4.78, 5) is 4.41. The number of benzene rings is 1. The molecule has 19 heavy (non-hydrogen) atoms. The Morgan fingerprint density at radius 3 is 3.00 bits per heavy atom. The van der Waals surface area contributed by atoms with E-state index in [2.05, 4.69) is 11.9 Å². The number of aromatic nitrogens is 1. The van der Waals surface area contributed by atoms with Crippen molar-refractivity contribution in [3.8, 4) is 0 Å². The fourth-order valence-electron chi connectivity index (χ4n) is 2.83. The number of oxazole rings is 1. The van der Waals surface area contributed by atoms with Gasteiger partial charge in [-0.3, -0.25) is 0 Å². The monoisotopic (exact) mass is 282 g/mol. The van der Waals surface area contributed by atoms with E-state index in [1.165, 1.54) is 12.1 Å². The van der Waals surface area contributed by atoms with Crippen LogP contribution in [0.25, 0.3) is 11.1 Å². The van der Waals surface area contributed by atoms with Gasteiger partial charge in [0, 0.05) is 12.1 Å². The number of halogens is 2. The lowest BCUT2D eigenvalue weighted by Crippen LogP contribution is -2.45. The summed E-state index contributed by atoms with van der Waals surface area (Å²) < 4.78 is 19.1. The van der Waals surface area contributed by atoms with E-state index in [-0.39, 0.29) is 16.5 Å². The Balaban J connectivity index is 2.12. The predicted octanol–water partition coefficient (Wildman–Crippen LogP) is 3.78. The van der Waals surface area contributed by atoms with E-state index in [1.807, 2.05) is 0 Å². The van der Waals surface area contributed by atoms with Crippen molar-refractivity contribution in [1.82, 2.24) is 4.98 Å². The molecule has 0 radical (unpaired) electrons. The highest BCUT2D eigenvalue weighted by Crippen LogP contribution is 2.40. The summed E-state index contributed by atoms with van der Waals surface area (Å²) in [5.41, 5.74) is 6.83. The standard InChI is InChI=1S/C14H16ClFN2O/c1-14(5-3-2-4-11(14)17)13-18-10-7-8(16)6-9(15)12(10)19-13/h6-7,11H,2-5,17H2,1H3. The molecule has 1 fully saturated rings. The van der Waals surface area contributed by atoms with E-state index in [0.717, 1.165) is 25.7 Å². The van der Waals surface area contributed by atoms with Gasteiger partial charge < -0.3 is 10.2 Å². The van der Waals surface area contributed by atoms with Gasteiger partial charge in [-0.15, -0.1) is 0 Å². The molecule has 2 unspecified atom stereocenters. The first-order valence-electron chi connectivity index (χ1n) is 6.52. The van der Waals surface area contributed by atoms with Gasteiger partial charge in [-0.1, -0.05) is 24.4 Å². The fraction of sp³-hybridized carbons (Fsp3) is 0.500. The van der Waals surface area contributed by atoms with Gasteiger partial charge in [0.1, 0.15) is 11.3 Å². The molecular formula is C14H16ClFN2O. The fourth-order valence-corrected chi connectivity index (χ4v) is 3.07. The first-order chi connectivity index (χ1) is 9.00. The van der Waals surface area contributed by atoms with Crippen molar-refractivity contribution >= 4 is 22.7 Å². The SMILES string of the molecule is CC1(c2nc3cc(F)cc(Cl)c3o2)CCCCC1N. The molecule has 1 saturated carbocycles. The lowest BCUT2D eigenvalue weighted by Gasteiger charge is -2.36.